The summed E-state index contributed by atoms with van der Waals surface area (Å²) in [6.45, 7) is 6.93. The van der Waals surface area contributed by atoms with Gasteiger partial charge in [0, 0.05) is 18.2 Å². The molecule has 36 heavy (non-hydrogen) atoms. The predicted molar refractivity (Wildman–Crippen MR) is 141 cm³/mol. The van der Waals surface area contributed by atoms with Gasteiger partial charge in [-0.25, -0.2) is 8.42 Å². The number of rotatable bonds is 11. The van der Waals surface area contributed by atoms with E-state index in [1.165, 1.54) is 25.2 Å². The fourth-order valence-corrected chi connectivity index (χ4v) is 4.48. The van der Waals surface area contributed by atoms with E-state index in [0.29, 0.717) is 12.2 Å². The van der Waals surface area contributed by atoms with Gasteiger partial charge in [0.05, 0.1) is 26.2 Å². The van der Waals surface area contributed by atoms with Crippen molar-refractivity contribution in [3.8, 4) is 11.5 Å². The standard InChI is InChI=1S/C26H37N3O6S/c1-19(25(31)27-26(2,3)4)28(16-15-20-11-9-8-10-12-20)24(30)18-29(36(7,32)33)22-17-21(34-5)13-14-23(22)35-6/h8-14,17,19H,15-16,18H2,1-7H3,(H,27,31)/t19-/m1/s1. The lowest BCUT2D eigenvalue weighted by molar-refractivity contribution is -0.139. The lowest BCUT2D eigenvalue weighted by Gasteiger charge is -2.33. The quantitative estimate of drug-likeness (QED) is 0.490. The number of methoxy groups -OCH3 is 2. The Balaban J connectivity index is 2.42. The third kappa shape index (κ3) is 8.15. The Labute approximate surface area is 214 Å². The van der Waals surface area contributed by atoms with Crippen LogP contribution >= 0.6 is 0 Å². The van der Waals surface area contributed by atoms with Crippen LogP contribution in [0.25, 0.3) is 0 Å². The second-order valence-corrected chi connectivity index (χ2v) is 11.5. The zero-order chi connectivity index (χ0) is 27.1. The molecule has 0 aliphatic heterocycles. The van der Waals surface area contributed by atoms with E-state index in [1.807, 2.05) is 51.1 Å². The molecule has 2 aromatic rings. The van der Waals surface area contributed by atoms with Crippen LogP contribution in [0.5, 0.6) is 11.5 Å². The maximum absolute atomic E-state index is 13.6. The van der Waals surface area contributed by atoms with Crippen LogP contribution in [0, 0.1) is 0 Å². The Hall–Kier alpha value is -3.27. The van der Waals surface area contributed by atoms with Crippen LogP contribution in [0.3, 0.4) is 0 Å². The molecule has 0 aliphatic carbocycles. The molecule has 0 aromatic heterocycles. The molecule has 0 unspecified atom stereocenters. The van der Waals surface area contributed by atoms with Gasteiger partial charge in [0.2, 0.25) is 21.8 Å². The second-order valence-electron chi connectivity index (χ2n) is 9.55. The number of nitrogens with one attached hydrogen (secondary N) is 1. The second kappa shape index (κ2) is 12.1. The van der Waals surface area contributed by atoms with Gasteiger partial charge in [0.25, 0.3) is 0 Å². The molecule has 2 amide bonds. The topological polar surface area (TPSA) is 105 Å². The van der Waals surface area contributed by atoms with Crippen LogP contribution in [0.4, 0.5) is 5.69 Å². The van der Waals surface area contributed by atoms with Gasteiger partial charge in [-0.15, -0.1) is 0 Å². The largest absolute Gasteiger partial charge is 0.497 e. The van der Waals surface area contributed by atoms with Crippen LogP contribution in [-0.4, -0.2) is 70.3 Å². The molecule has 1 N–H and O–H groups in total. The summed E-state index contributed by atoms with van der Waals surface area (Å²) < 4.78 is 37.2. The lowest BCUT2D eigenvalue weighted by Crippen LogP contribution is -2.55. The molecule has 0 radical (unpaired) electrons. The van der Waals surface area contributed by atoms with E-state index in [9.17, 15) is 18.0 Å². The number of carbonyl (C=O) groups excluding carboxylic acids is 2. The third-order valence-electron chi connectivity index (χ3n) is 5.48. The first-order valence-corrected chi connectivity index (χ1v) is 13.5. The summed E-state index contributed by atoms with van der Waals surface area (Å²) in [5.41, 5.74) is 0.669. The zero-order valence-electron chi connectivity index (χ0n) is 22.1. The summed E-state index contributed by atoms with van der Waals surface area (Å²) >= 11 is 0. The molecule has 10 heteroatoms. The van der Waals surface area contributed by atoms with Crippen molar-refractivity contribution in [1.29, 1.82) is 0 Å². The van der Waals surface area contributed by atoms with Crippen LogP contribution in [0.1, 0.15) is 33.3 Å². The average Bonchev–Trinajstić information content (AvgIpc) is 2.81. The number of hydrogen-bond donors (Lipinski definition) is 1. The highest BCUT2D eigenvalue weighted by Gasteiger charge is 2.32. The maximum atomic E-state index is 13.6. The van der Waals surface area contributed by atoms with E-state index in [1.54, 1.807) is 19.1 Å². The summed E-state index contributed by atoms with van der Waals surface area (Å²) in [5.74, 6) is -0.166. The molecule has 198 valence electrons. The number of hydrogen-bond acceptors (Lipinski definition) is 6. The van der Waals surface area contributed by atoms with Crippen molar-refractivity contribution in [3.63, 3.8) is 0 Å². The van der Waals surface area contributed by atoms with Gasteiger partial charge in [-0.05, 0) is 51.8 Å². The van der Waals surface area contributed by atoms with E-state index in [4.69, 9.17) is 9.47 Å². The lowest BCUT2D eigenvalue weighted by atomic mass is 10.1. The monoisotopic (exact) mass is 519 g/mol. The molecule has 0 heterocycles. The highest BCUT2D eigenvalue weighted by Crippen LogP contribution is 2.33. The first-order chi connectivity index (χ1) is 16.8. The molecule has 0 aliphatic rings. The molecule has 2 rings (SSSR count). The predicted octanol–water partition coefficient (Wildman–Crippen LogP) is 2.84. The minimum Gasteiger partial charge on any atom is -0.497 e. The number of anilines is 1. The maximum Gasteiger partial charge on any atom is 0.244 e. The van der Waals surface area contributed by atoms with Crippen molar-refractivity contribution >= 4 is 27.5 Å². The molecular formula is C26H37N3O6S. The van der Waals surface area contributed by atoms with Crippen molar-refractivity contribution < 1.29 is 27.5 Å². The van der Waals surface area contributed by atoms with Gasteiger partial charge in [-0.3, -0.25) is 13.9 Å². The van der Waals surface area contributed by atoms with Gasteiger partial charge >= 0.3 is 0 Å². The summed E-state index contributed by atoms with van der Waals surface area (Å²) in [7, 11) is -1.02. The minimum absolute atomic E-state index is 0.169. The van der Waals surface area contributed by atoms with Crippen molar-refractivity contribution in [2.45, 2.75) is 45.7 Å². The highest BCUT2D eigenvalue weighted by molar-refractivity contribution is 7.92. The van der Waals surface area contributed by atoms with Crippen LogP contribution in [0.2, 0.25) is 0 Å². The van der Waals surface area contributed by atoms with E-state index in [-0.39, 0.29) is 23.9 Å². The minimum atomic E-state index is -3.90. The number of amides is 2. The van der Waals surface area contributed by atoms with E-state index >= 15 is 0 Å². The smallest absolute Gasteiger partial charge is 0.244 e. The van der Waals surface area contributed by atoms with Gasteiger partial charge in [0.15, 0.2) is 0 Å². The molecule has 0 fully saturated rings. The van der Waals surface area contributed by atoms with Gasteiger partial charge < -0.3 is 19.7 Å². The first-order valence-electron chi connectivity index (χ1n) is 11.6. The Morgan fingerprint density at radius 3 is 2.19 bits per heavy atom. The number of carbonyl (C=O) groups is 2. The fraction of sp³-hybridized carbons (Fsp3) is 0.462. The van der Waals surface area contributed by atoms with E-state index in [0.717, 1.165) is 16.1 Å². The molecular weight excluding hydrogens is 482 g/mol. The van der Waals surface area contributed by atoms with Gasteiger partial charge in [-0.2, -0.15) is 0 Å². The number of benzene rings is 2. The Kier molecular flexibility index (Phi) is 9.75. The Morgan fingerprint density at radius 1 is 1.03 bits per heavy atom. The molecule has 0 saturated carbocycles. The van der Waals surface area contributed by atoms with Gasteiger partial charge in [0.1, 0.15) is 24.1 Å². The Morgan fingerprint density at radius 2 is 1.67 bits per heavy atom. The molecule has 0 bridgehead atoms. The van der Waals surface area contributed by atoms with Crippen molar-refractivity contribution in [3.05, 3.63) is 54.1 Å². The Bertz CT molecular complexity index is 1150. The average molecular weight is 520 g/mol. The van der Waals surface area contributed by atoms with E-state index < -0.39 is 34.1 Å². The normalized spacial score (nSPS) is 12.4. The molecule has 9 nitrogen and oxygen atoms in total. The highest BCUT2D eigenvalue weighted by atomic mass is 32.2. The van der Waals surface area contributed by atoms with Crippen molar-refractivity contribution in [2.24, 2.45) is 0 Å². The van der Waals surface area contributed by atoms with Crippen LogP contribution in [-0.2, 0) is 26.0 Å². The summed E-state index contributed by atoms with van der Waals surface area (Å²) in [5, 5.41) is 2.90. The van der Waals surface area contributed by atoms with Crippen molar-refractivity contribution in [1.82, 2.24) is 10.2 Å². The van der Waals surface area contributed by atoms with E-state index in [2.05, 4.69) is 5.32 Å². The SMILES string of the molecule is COc1ccc(OC)c(N(CC(=O)N(CCc2ccccc2)[C@H](C)C(=O)NC(C)(C)C)S(C)(=O)=O)c1. The van der Waals surface area contributed by atoms with Crippen molar-refractivity contribution in [2.75, 3.05) is 37.9 Å². The van der Waals surface area contributed by atoms with Crippen LogP contribution < -0.4 is 19.1 Å². The number of ether oxygens (including phenoxy) is 2. The van der Waals surface area contributed by atoms with Crippen LogP contribution in [0.15, 0.2) is 48.5 Å². The number of nitrogens with zero attached hydrogens (tertiary/aromatic N) is 2. The molecule has 0 saturated heterocycles. The fourth-order valence-electron chi connectivity index (χ4n) is 3.63. The summed E-state index contributed by atoms with van der Waals surface area (Å²) in [4.78, 5) is 28.0. The molecule has 0 spiro atoms. The third-order valence-corrected chi connectivity index (χ3v) is 6.61. The summed E-state index contributed by atoms with van der Waals surface area (Å²) in [6, 6.07) is 13.5. The first kappa shape index (κ1) is 29.0. The van der Waals surface area contributed by atoms with Gasteiger partial charge in [-0.1, -0.05) is 30.3 Å². The molecule has 1 atom stereocenters. The molecule has 2 aromatic carbocycles. The zero-order valence-corrected chi connectivity index (χ0v) is 22.9. The number of sulfonamides is 1. The summed E-state index contributed by atoms with van der Waals surface area (Å²) in [6.07, 6.45) is 1.52.